The first-order valence-corrected chi connectivity index (χ1v) is 8.77. The summed E-state index contributed by atoms with van der Waals surface area (Å²) in [6, 6.07) is 7.50. The molecular weight excluding hydrogens is 363 g/mol. The van der Waals surface area contributed by atoms with Crippen molar-refractivity contribution < 1.29 is 18.0 Å². The van der Waals surface area contributed by atoms with E-state index in [9.17, 15) is 18.0 Å². The lowest BCUT2D eigenvalue weighted by atomic mass is 10.3. The topological polar surface area (TPSA) is 77.0 Å². The van der Waals surface area contributed by atoms with Crippen LogP contribution in [0.1, 0.15) is 5.82 Å². The number of nitrogens with two attached hydrogens (primary N) is 1. The van der Waals surface area contributed by atoms with Gasteiger partial charge in [-0.15, -0.1) is 22.0 Å². The van der Waals surface area contributed by atoms with Gasteiger partial charge in [0, 0.05) is 17.2 Å². The third-order valence-electron chi connectivity index (χ3n) is 3.27. The minimum Gasteiger partial charge on any atom is -0.335 e. The number of rotatable bonds is 3. The molecule has 128 valence electrons. The van der Waals surface area contributed by atoms with Gasteiger partial charge in [-0.2, -0.15) is 13.2 Å². The molecule has 0 unspecified atom stereocenters. The number of nitrogens with zero attached hydrogens (tertiary/aromatic N) is 4. The van der Waals surface area contributed by atoms with E-state index >= 15 is 0 Å². The molecule has 0 fully saturated rings. The smallest absolute Gasteiger partial charge is 0.335 e. The summed E-state index contributed by atoms with van der Waals surface area (Å²) >= 11 is 2.49. The summed E-state index contributed by atoms with van der Waals surface area (Å²) in [5.41, 5.74) is 0.810. The lowest BCUT2D eigenvalue weighted by molar-refractivity contribution is -0.146. The molecule has 24 heavy (non-hydrogen) atoms. The predicted molar refractivity (Wildman–Crippen MR) is 85.4 cm³/mol. The number of hydrogen-bond acceptors (Lipinski definition) is 6. The second-order valence-electron chi connectivity index (χ2n) is 4.82. The van der Waals surface area contributed by atoms with Crippen molar-refractivity contribution in [3.63, 3.8) is 0 Å². The Morgan fingerprint density at radius 2 is 2.08 bits per heavy atom. The zero-order valence-corrected chi connectivity index (χ0v) is 13.8. The van der Waals surface area contributed by atoms with E-state index in [4.69, 9.17) is 5.84 Å². The van der Waals surface area contributed by atoms with E-state index in [-0.39, 0.29) is 16.8 Å². The van der Waals surface area contributed by atoms with Crippen molar-refractivity contribution in [2.75, 3.05) is 28.8 Å². The lowest BCUT2D eigenvalue weighted by Gasteiger charge is -2.28. The Morgan fingerprint density at radius 3 is 2.79 bits per heavy atom. The normalized spacial score (nSPS) is 14.5. The van der Waals surface area contributed by atoms with Gasteiger partial charge in [0.05, 0.1) is 11.4 Å². The van der Waals surface area contributed by atoms with Gasteiger partial charge in [0.2, 0.25) is 11.1 Å². The summed E-state index contributed by atoms with van der Waals surface area (Å²) in [6.45, 7) is 0.546. The van der Waals surface area contributed by atoms with Crippen LogP contribution in [0.15, 0.2) is 34.3 Å². The Labute approximate surface area is 143 Å². The molecule has 2 aromatic rings. The zero-order chi connectivity index (χ0) is 17.3. The van der Waals surface area contributed by atoms with E-state index in [2.05, 4.69) is 10.2 Å². The number of carbonyl (C=O) groups is 1. The van der Waals surface area contributed by atoms with Crippen molar-refractivity contribution in [1.82, 2.24) is 14.9 Å². The quantitative estimate of drug-likeness (QED) is 0.655. The number of para-hydroxylation sites is 1. The van der Waals surface area contributed by atoms with Crippen LogP contribution in [0.2, 0.25) is 0 Å². The van der Waals surface area contributed by atoms with E-state index in [1.165, 1.54) is 0 Å². The summed E-state index contributed by atoms with van der Waals surface area (Å²) < 4.78 is 38.2. The maximum Gasteiger partial charge on any atom is 0.453 e. The molecule has 1 aromatic carbocycles. The minimum absolute atomic E-state index is 0.0772. The second kappa shape index (κ2) is 6.55. The number of anilines is 1. The number of benzene rings is 1. The van der Waals surface area contributed by atoms with Crippen LogP contribution in [-0.4, -0.2) is 38.8 Å². The number of thioether (sulfide) groups is 2. The van der Waals surface area contributed by atoms with Crippen molar-refractivity contribution in [3.8, 4) is 0 Å². The number of fused-ring (bicyclic) bond motifs is 1. The molecule has 6 nitrogen and oxygen atoms in total. The number of amides is 1. The molecule has 0 saturated heterocycles. The first-order valence-electron chi connectivity index (χ1n) is 6.80. The van der Waals surface area contributed by atoms with Gasteiger partial charge in [0.15, 0.2) is 0 Å². The van der Waals surface area contributed by atoms with Crippen LogP contribution in [0.4, 0.5) is 18.9 Å². The standard InChI is InChI=1S/C13H12F3N5OS2/c14-13(15,16)11-18-19-12(21(11)17)24-7-10(22)20-5-6-23-9-4-2-1-3-8(9)20/h1-4H,5-7,17H2. The first kappa shape index (κ1) is 17.0. The predicted octanol–water partition coefficient (Wildman–Crippen LogP) is 2.24. The molecular formula is C13H12F3N5OS2. The van der Waals surface area contributed by atoms with Crippen molar-refractivity contribution in [3.05, 3.63) is 30.1 Å². The van der Waals surface area contributed by atoms with Gasteiger partial charge in [-0.25, -0.2) is 4.68 Å². The van der Waals surface area contributed by atoms with Gasteiger partial charge in [0.25, 0.3) is 5.82 Å². The van der Waals surface area contributed by atoms with Crippen LogP contribution in [0.3, 0.4) is 0 Å². The average molecular weight is 375 g/mol. The van der Waals surface area contributed by atoms with Crippen LogP contribution in [0, 0.1) is 0 Å². The Bertz CT molecular complexity index is 764. The van der Waals surface area contributed by atoms with E-state index < -0.39 is 12.0 Å². The largest absolute Gasteiger partial charge is 0.453 e. The van der Waals surface area contributed by atoms with Crippen molar-refractivity contribution in [2.24, 2.45) is 0 Å². The monoisotopic (exact) mass is 375 g/mol. The average Bonchev–Trinajstić information content (AvgIpc) is 2.93. The van der Waals surface area contributed by atoms with Crippen molar-refractivity contribution in [2.45, 2.75) is 16.2 Å². The maximum atomic E-state index is 12.6. The van der Waals surface area contributed by atoms with E-state index in [1.807, 2.05) is 24.3 Å². The SMILES string of the molecule is Nn1c(SCC(=O)N2CCSc3ccccc32)nnc1C(F)(F)F. The van der Waals surface area contributed by atoms with Crippen LogP contribution in [0.5, 0.6) is 0 Å². The highest BCUT2D eigenvalue weighted by molar-refractivity contribution is 8.00. The van der Waals surface area contributed by atoms with Gasteiger partial charge in [-0.1, -0.05) is 23.9 Å². The molecule has 1 aromatic heterocycles. The van der Waals surface area contributed by atoms with E-state index in [1.54, 1.807) is 16.7 Å². The van der Waals surface area contributed by atoms with Crippen LogP contribution in [0.25, 0.3) is 0 Å². The van der Waals surface area contributed by atoms with E-state index in [0.29, 0.717) is 11.2 Å². The summed E-state index contributed by atoms with van der Waals surface area (Å²) in [6.07, 6.45) is -4.69. The molecule has 0 radical (unpaired) electrons. The third kappa shape index (κ3) is 3.31. The highest BCUT2D eigenvalue weighted by atomic mass is 32.2. The molecule has 2 N–H and O–H groups in total. The maximum absolute atomic E-state index is 12.6. The summed E-state index contributed by atoms with van der Waals surface area (Å²) in [5, 5.41) is 6.27. The number of alkyl halides is 3. The molecule has 1 aliphatic rings. The van der Waals surface area contributed by atoms with Gasteiger partial charge in [-0.05, 0) is 12.1 Å². The highest BCUT2D eigenvalue weighted by Crippen LogP contribution is 2.35. The van der Waals surface area contributed by atoms with Crippen LogP contribution >= 0.6 is 23.5 Å². The molecule has 0 aliphatic carbocycles. The van der Waals surface area contributed by atoms with Crippen molar-refractivity contribution in [1.29, 1.82) is 0 Å². The molecule has 2 heterocycles. The Kier molecular flexibility index (Phi) is 4.63. The number of aromatic nitrogens is 3. The molecule has 3 rings (SSSR count). The van der Waals surface area contributed by atoms with Crippen LogP contribution < -0.4 is 10.7 Å². The number of carbonyl (C=O) groups excluding carboxylic acids is 1. The Morgan fingerprint density at radius 1 is 1.33 bits per heavy atom. The fourth-order valence-electron chi connectivity index (χ4n) is 2.20. The number of hydrogen-bond donors (Lipinski definition) is 1. The minimum atomic E-state index is -4.69. The fraction of sp³-hybridized carbons (Fsp3) is 0.308. The van der Waals surface area contributed by atoms with Gasteiger partial charge in [-0.3, -0.25) is 4.79 Å². The van der Waals surface area contributed by atoms with Gasteiger partial charge in [0.1, 0.15) is 0 Å². The first-order chi connectivity index (χ1) is 11.4. The van der Waals surface area contributed by atoms with Gasteiger partial charge < -0.3 is 10.7 Å². The summed E-state index contributed by atoms with van der Waals surface area (Å²) in [7, 11) is 0. The molecule has 1 amide bonds. The molecule has 0 atom stereocenters. The molecule has 11 heteroatoms. The zero-order valence-electron chi connectivity index (χ0n) is 12.2. The Balaban J connectivity index is 1.70. The molecule has 0 bridgehead atoms. The third-order valence-corrected chi connectivity index (χ3v) is 5.24. The molecule has 1 aliphatic heterocycles. The molecule has 0 saturated carbocycles. The van der Waals surface area contributed by atoms with Crippen molar-refractivity contribution >= 4 is 35.1 Å². The summed E-state index contributed by atoms with van der Waals surface area (Å²) in [4.78, 5) is 15.1. The van der Waals surface area contributed by atoms with Crippen LogP contribution in [-0.2, 0) is 11.0 Å². The summed E-state index contributed by atoms with van der Waals surface area (Å²) in [5.74, 6) is 4.53. The lowest BCUT2D eigenvalue weighted by Crippen LogP contribution is -2.36. The van der Waals surface area contributed by atoms with E-state index in [0.717, 1.165) is 28.1 Å². The second-order valence-corrected chi connectivity index (χ2v) is 6.90. The fourth-order valence-corrected chi connectivity index (χ4v) is 3.93. The highest BCUT2D eigenvalue weighted by Gasteiger charge is 2.38. The number of nitrogen functional groups attached to an aromatic ring is 1. The van der Waals surface area contributed by atoms with Gasteiger partial charge >= 0.3 is 6.18 Å². The Hall–Kier alpha value is -1.88. The number of halogens is 3. The molecule has 0 spiro atoms.